The van der Waals surface area contributed by atoms with E-state index in [1.54, 1.807) is 18.9 Å². The summed E-state index contributed by atoms with van der Waals surface area (Å²) >= 11 is 1.69. The molecule has 0 aromatic heterocycles. The molecule has 0 spiro atoms. The van der Waals surface area contributed by atoms with Gasteiger partial charge in [-0.05, 0) is 6.07 Å². The van der Waals surface area contributed by atoms with Crippen molar-refractivity contribution in [2.75, 3.05) is 19.5 Å². The summed E-state index contributed by atoms with van der Waals surface area (Å²) in [5, 5.41) is 9.15. The zero-order chi connectivity index (χ0) is 11.3. The van der Waals surface area contributed by atoms with Crippen LogP contribution in [0.2, 0.25) is 0 Å². The van der Waals surface area contributed by atoms with Gasteiger partial charge in [-0.15, -0.1) is 0 Å². The molecule has 15 heavy (non-hydrogen) atoms. The lowest BCUT2D eigenvalue weighted by atomic mass is 10.2. The van der Waals surface area contributed by atoms with E-state index >= 15 is 0 Å². The number of hydrogen-bond donors (Lipinski definition) is 2. The third-order valence-electron chi connectivity index (χ3n) is 2.09. The molecule has 3 nitrogen and oxygen atoms in total. The number of nitrogen functional groups attached to an aromatic ring is 1. The van der Waals surface area contributed by atoms with Crippen LogP contribution in [0.3, 0.4) is 0 Å². The van der Waals surface area contributed by atoms with E-state index in [1.807, 2.05) is 25.1 Å². The second-order valence-electron chi connectivity index (χ2n) is 3.38. The van der Waals surface area contributed by atoms with Crippen LogP contribution in [0, 0.1) is 0 Å². The Kier molecular flexibility index (Phi) is 4.78. The summed E-state index contributed by atoms with van der Waals surface area (Å²) in [4.78, 5) is 0. The fraction of sp³-hybridized carbons (Fsp3) is 0.455. The molecule has 0 saturated carbocycles. The summed E-state index contributed by atoms with van der Waals surface area (Å²) in [6.07, 6.45) is 0. The van der Waals surface area contributed by atoms with Crippen molar-refractivity contribution >= 4 is 17.4 Å². The molecule has 1 unspecified atom stereocenters. The maximum absolute atomic E-state index is 8.91. The summed E-state index contributed by atoms with van der Waals surface area (Å²) in [6, 6.07) is 5.65. The normalized spacial score (nSPS) is 12.5. The van der Waals surface area contributed by atoms with Gasteiger partial charge in [-0.25, -0.2) is 0 Å². The highest BCUT2D eigenvalue weighted by Crippen LogP contribution is 2.27. The first-order valence-corrected chi connectivity index (χ1v) is 5.87. The second-order valence-corrected chi connectivity index (χ2v) is 4.80. The number of rotatable bonds is 5. The fourth-order valence-electron chi connectivity index (χ4n) is 1.17. The lowest BCUT2D eigenvalue weighted by Gasteiger charge is -2.11. The van der Waals surface area contributed by atoms with E-state index in [4.69, 9.17) is 15.6 Å². The van der Waals surface area contributed by atoms with Gasteiger partial charge in [0.25, 0.3) is 0 Å². The van der Waals surface area contributed by atoms with Crippen molar-refractivity contribution in [2.45, 2.75) is 17.9 Å². The van der Waals surface area contributed by atoms with E-state index < -0.39 is 0 Å². The van der Waals surface area contributed by atoms with Crippen LogP contribution in [0.15, 0.2) is 18.2 Å². The van der Waals surface area contributed by atoms with Gasteiger partial charge >= 0.3 is 0 Å². The van der Waals surface area contributed by atoms with Crippen molar-refractivity contribution in [2.24, 2.45) is 0 Å². The topological polar surface area (TPSA) is 55.5 Å². The zero-order valence-corrected chi connectivity index (χ0v) is 9.88. The van der Waals surface area contributed by atoms with Gasteiger partial charge < -0.3 is 15.6 Å². The molecule has 0 fully saturated rings. The number of thioether (sulfide) groups is 1. The Morgan fingerprint density at radius 2 is 2.27 bits per heavy atom. The van der Waals surface area contributed by atoms with Gasteiger partial charge in [0.2, 0.25) is 0 Å². The van der Waals surface area contributed by atoms with Crippen LogP contribution in [0.25, 0.3) is 0 Å². The number of aliphatic hydroxyl groups is 1. The predicted octanol–water partition coefficient (Wildman–Crippen LogP) is 1.89. The van der Waals surface area contributed by atoms with Crippen LogP contribution in [0.5, 0.6) is 5.75 Å². The molecule has 0 heterocycles. The number of benzene rings is 1. The van der Waals surface area contributed by atoms with E-state index in [9.17, 15) is 0 Å². The highest BCUT2D eigenvalue weighted by Gasteiger charge is 2.06. The first kappa shape index (κ1) is 12.2. The summed E-state index contributed by atoms with van der Waals surface area (Å²) < 4.78 is 5.24. The average Bonchev–Trinajstić information content (AvgIpc) is 2.26. The molecule has 3 N–H and O–H groups in total. The average molecular weight is 227 g/mol. The lowest BCUT2D eigenvalue weighted by Crippen LogP contribution is -2.03. The van der Waals surface area contributed by atoms with Crippen LogP contribution >= 0.6 is 11.8 Å². The molecule has 0 aliphatic rings. The number of anilines is 1. The van der Waals surface area contributed by atoms with E-state index in [-0.39, 0.29) is 11.9 Å². The molecule has 84 valence electrons. The Morgan fingerprint density at radius 3 is 2.87 bits per heavy atom. The number of hydrogen-bond acceptors (Lipinski definition) is 4. The summed E-state index contributed by atoms with van der Waals surface area (Å²) in [7, 11) is 1.64. The lowest BCUT2D eigenvalue weighted by molar-refractivity contribution is 0.300. The second kappa shape index (κ2) is 5.88. The molecule has 4 heteroatoms. The molecule has 0 aliphatic carbocycles. The van der Waals surface area contributed by atoms with Gasteiger partial charge in [-0.3, -0.25) is 0 Å². The van der Waals surface area contributed by atoms with Crippen LogP contribution in [0.1, 0.15) is 12.5 Å². The smallest absolute Gasteiger partial charge is 0.124 e. The van der Waals surface area contributed by atoms with Gasteiger partial charge in [0, 0.05) is 28.3 Å². The number of nitrogens with two attached hydrogens (primary N) is 1. The van der Waals surface area contributed by atoms with Crippen molar-refractivity contribution in [3.63, 3.8) is 0 Å². The van der Waals surface area contributed by atoms with Crippen molar-refractivity contribution < 1.29 is 9.84 Å². The Hall–Kier alpha value is -0.870. The molecule has 1 aromatic carbocycles. The number of aliphatic hydroxyl groups excluding tert-OH is 1. The first-order chi connectivity index (χ1) is 7.17. The fourth-order valence-corrected chi connectivity index (χ4v) is 1.97. The maximum Gasteiger partial charge on any atom is 0.124 e. The molecule has 1 atom stereocenters. The Balaban J connectivity index is 2.67. The quantitative estimate of drug-likeness (QED) is 0.754. The molecule has 0 radical (unpaired) electrons. The van der Waals surface area contributed by atoms with Crippen molar-refractivity contribution in [3.05, 3.63) is 23.8 Å². The minimum absolute atomic E-state index is 0.196. The van der Waals surface area contributed by atoms with Crippen LogP contribution in [-0.4, -0.2) is 24.1 Å². The van der Waals surface area contributed by atoms with Crippen LogP contribution in [-0.2, 0) is 5.75 Å². The maximum atomic E-state index is 8.91. The zero-order valence-electron chi connectivity index (χ0n) is 9.06. The standard InChI is InChI=1S/C11H17NO2S/c1-8(6-13)15-7-9-3-4-10(12)5-11(9)14-2/h3-5,8,13H,6-7,12H2,1-2H3. The molecular weight excluding hydrogens is 210 g/mol. The largest absolute Gasteiger partial charge is 0.496 e. The van der Waals surface area contributed by atoms with E-state index in [2.05, 4.69) is 0 Å². The Morgan fingerprint density at radius 1 is 1.53 bits per heavy atom. The SMILES string of the molecule is COc1cc(N)ccc1CSC(C)CO. The van der Waals surface area contributed by atoms with Gasteiger partial charge in [0.1, 0.15) is 5.75 Å². The van der Waals surface area contributed by atoms with E-state index in [1.165, 1.54) is 0 Å². The minimum Gasteiger partial charge on any atom is -0.496 e. The third kappa shape index (κ3) is 3.64. The van der Waals surface area contributed by atoms with Crippen molar-refractivity contribution in [1.29, 1.82) is 0 Å². The predicted molar refractivity (Wildman–Crippen MR) is 65.2 cm³/mol. The highest BCUT2D eigenvalue weighted by molar-refractivity contribution is 7.99. The van der Waals surface area contributed by atoms with Crippen LogP contribution < -0.4 is 10.5 Å². The van der Waals surface area contributed by atoms with Crippen molar-refractivity contribution in [3.8, 4) is 5.75 Å². The number of ether oxygens (including phenoxy) is 1. The van der Waals surface area contributed by atoms with Gasteiger partial charge in [-0.1, -0.05) is 13.0 Å². The molecule has 1 rings (SSSR count). The summed E-state index contributed by atoms with van der Waals surface area (Å²) in [5.41, 5.74) is 7.47. The molecule has 0 bridgehead atoms. The van der Waals surface area contributed by atoms with E-state index in [0.29, 0.717) is 5.69 Å². The monoisotopic (exact) mass is 227 g/mol. The molecule has 0 amide bonds. The number of methoxy groups -OCH3 is 1. The summed E-state index contributed by atoms with van der Waals surface area (Å²) in [6.45, 7) is 2.19. The minimum atomic E-state index is 0.196. The Bertz CT molecular complexity index is 317. The Labute approximate surface area is 94.6 Å². The summed E-state index contributed by atoms with van der Waals surface area (Å²) in [5.74, 6) is 1.64. The third-order valence-corrected chi connectivity index (χ3v) is 3.29. The highest BCUT2D eigenvalue weighted by atomic mass is 32.2. The van der Waals surface area contributed by atoms with E-state index in [0.717, 1.165) is 17.1 Å². The van der Waals surface area contributed by atoms with Gasteiger partial charge in [0.05, 0.1) is 13.7 Å². The molecule has 0 saturated heterocycles. The van der Waals surface area contributed by atoms with Crippen molar-refractivity contribution in [1.82, 2.24) is 0 Å². The molecule has 0 aliphatic heterocycles. The molecular formula is C11H17NO2S. The van der Waals surface area contributed by atoms with Crippen LogP contribution in [0.4, 0.5) is 5.69 Å². The first-order valence-electron chi connectivity index (χ1n) is 4.82. The van der Waals surface area contributed by atoms with Gasteiger partial charge in [0.15, 0.2) is 0 Å². The van der Waals surface area contributed by atoms with Gasteiger partial charge in [-0.2, -0.15) is 11.8 Å². The molecule has 1 aromatic rings.